The first-order valence-electron chi connectivity index (χ1n) is 6.95. The standard InChI is InChI=1S/C15H16ClN3O2/c16-12-6-2-1-5-11(12)14-13(18-9-21-14)15(20)19-10-4-3-7-17-8-10/h1-2,5-6,9-10,17H,3-4,7-8H2,(H,19,20)/t10-/m0/s1. The van der Waals surface area contributed by atoms with Crippen molar-refractivity contribution in [3.63, 3.8) is 0 Å². The average Bonchev–Trinajstić information content (AvgIpc) is 2.98. The molecule has 1 aliphatic heterocycles. The molecule has 1 saturated heterocycles. The van der Waals surface area contributed by atoms with E-state index in [1.807, 2.05) is 18.2 Å². The summed E-state index contributed by atoms with van der Waals surface area (Å²) in [4.78, 5) is 16.4. The van der Waals surface area contributed by atoms with E-state index in [1.54, 1.807) is 6.07 Å². The lowest BCUT2D eigenvalue weighted by molar-refractivity contribution is 0.0926. The van der Waals surface area contributed by atoms with Crippen molar-refractivity contribution in [1.29, 1.82) is 0 Å². The Bertz CT molecular complexity index is 635. The normalized spacial score (nSPS) is 18.4. The highest BCUT2D eigenvalue weighted by atomic mass is 35.5. The van der Waals surface area contributed by atoms with E-state index in [2.05, 4.69) is 15.6 Å². The Morgan fingerprint density at radius 3 is 3.05 bits per heavy atom. The molecule has 3 rings (SSSR count). The van der Waals surface area contributed by atoms with Crippen LogP contribution in [0.1, 0.15) is 23.3 Å². The lowest BCUT2D eigenvalue weighted by Gasteiger charge is -2.23. The van der Waals surface area contributed by atoms with Crippen LogP contribution in [-0.2, 0) is 0 Å². The molecule has 6 heteroatoms. The molecule has 1 aliphatic rings. The number of hydrogen-bond acceptors (Lipinski definition) is 4. The van der Waals surface area contributed by atoms with Gasteiger partial charge in [0, 0.05) is 18.2 Å². The highest BCUT2D eigenvalue weighted by Crippen LogP contribution is 2.29. The fourth-order valence-electron chi connectivity index (χ4n) is 2.47. The summed E-state index contributed by atoms with van der Waals surface area (Å²) in [7, 11) is 0. The van der Waals surface area contributed by atoms with Gasteiger partial charge in [-0.25, -0.2) is 4.98 Å². The quantitative estimate of drug-likeness (QED) is 0.914. The number of aromatic nitrogens is 1. The Hall–Kier alpha value is -1.85. The molecule has 2 aromatic rings. The third-order valence-electron chi connectivity index (χ3n) is 3.53. The summed E-state index contributed by atoms with van der Waals surface area (Å²) in [6.45, 7) is 1.78. The monoisotopic (exact) mass is 305 g/mol. The van der Waals surface area contributed by atoms with Gasteiger partial charge in [-0.2, -0.15) is 0 Å². The number of benzene rings is 1. The van der Waals surface area contributed by atoms with Crippen LogP contribution >= 0.6 is 11.6 Å². The maximum atomic E-state index is 12.4. The zero-order valence-electron chi connectivity index (χ0n) is 11.4. The Kier molecular flexibility index (Phi) is 4.22. The number of carbonyl (C=O) groups is 1. The van der Waals surface area contributed by atoms with Crippen LogP contribution in [-0.4, -0.2) is 30.0 Å². The number of amides is 1. The molecule has 2 N–H and O–H groups in total. The van der Waals surface area contributed by atoms with Crippen molar-refractivity contribution in [2.75, 3.05) is 13.1 Å². The van der Waals surface area contributed by atoms with Gasteiger partial charge in [0.05, 0.1) is 5.02 Å². The maximum absolute atomic E-state index is 12.4. The molecule has 0 bridgehead atoms. The summed E-state index contributed by atoms with van der Waals surface area (Å²) in [5, 5.41) is 6.78. The fourth-order valence-corrected chi connectivity index (χ4v) is 2.69. The van der Waals surface area contributed by atoms with Gasteiger partial charge in [0.1, 0.15) is 0 Å². The van der Waals surface area contributed by atoms with Gasteiger partial charge in [-0.15, -0.1) is 0 Å². The molecule has 1 aromatic carbocycles. The number of nitrogens with zero attached hydrogens (tertiary/aromatic N) is 1. The van der Waals surface area contributed by atoms with Crippen molar-refractivity contribution in [3.05, 3.63) is 41.4 Å². The molecule has 1 atom stereocenters. The van der Waals surface area contributed by atoms with Crippen LogP contribution in [0.15, 0.2) is 35.1 Å². The lowest BCUT2D eigenvalue weighted by atomic mass is 10.1. The van der Waals surface area contributed by atoms with Gasteiger partial charge in [0.15, 0.2) is 17.8 Å². The van der Waals surface area contributed by atoms with Crippen LogP contribution in [0.2, 0.25) is 5.02 Å². The molecular formula is C15H16ClN3O2. The van der Waals surface area contributed by atoms with E-state index in [1.165, 1.54) is 6.39 Å². The molecule has 1 amide bonds. The Morgan fingerprint density at radius 1 is 1.43 bits per heavy atom. The SMILES string of the molecule is O=C(N[C@H]1CCCNC1)c1ncoc1-c1ccccc1Cl. The summed E-state index contributed by atoms with van der Waals surface area (Å²) in [6, 6.07) is 7.36. The van der Waals surface area contributed by atoms with Gasteiger partial charge in [-0.3, -0.25) is 4.79 Å². The van der Waals surface area contributed by atoms with E-state index in [0.717, 1.165) is 25.9 Å². The number of piperidine rings is 1. The van der Waals surface area contributed by atoms with E-state index in [4.69, 9.17) is 16.0 Å². The second-order valence-electron chi connectivity index (χ2n) is 5.03. The van der Waals surface area contributed by atoms with Crippen LogP contribution in [0.4, 0.5) is 0 Å². The van der Waals surface area contributed by atoms with Crippen molar-refractivity contribution in [1.82, 2.24) is 15.6 Å². The summed E-state index contributed by atoms with van der Waals surface area (Å²) in [5.41, 5.74) is 0.942. The highest BCUT2D eigenvalue weighted by molar-refractivity contribution is 6.33. The van der Waals surface area contributed by atoms with Crippen molar-refractivity contribution in [3.8, 4) is 11.3 Å². The zero-order chi connectivity index (χ0) is 14.7. The number of nitrogens with one attached hydrogen (secondary N) is 2. The smallest absolute Gasteiger partial charge is 0.274 e. The minimum Gasteiger partial charge on any atom is -0.443 e. The molecule has 0 unspecified atom stereocenters. The topological polar surface area (TPSA) is 67.2 Å². The zero-order valence-corrected chi connectivity index (χ0v) is 12.2. The number of oxazole rings is 1. The molecule has 0 spiro atoms. The van der Waals surface area contributed by atoms with E-state index in [0.29, 0.717) is 16.3 Å². The highest BCUT2D eigenvalue weighted by Gasteiger charge is 2.23. The van der Waals surface area contributed by atoms with Crippen molar-refractivity contribution < 1.29 is 9.21 Å². The molecular weight excluding hydrogens is 290 g/mol. The predicted molar refractivity (Wildman–Crippen MR) is 80.3 cm³/mol. The first kappa shape index (κ1) is 14.1. The average molecular weight is 306 g/mol. The molecule has 2 heterocycles. The Balaban J connectivity index is 1.82. The summed E-state index contributed by atoms with van der Waals surface area (Å²) in [6.07, 6.45) is 3.30. The fraction of sp³-hybridized carbons (Fsp3) is 0.333. The van der Waals surface area contributed by atoms with E-state index in [-0.39, 0.29) is 17.6 Å². The van der Waals surface area contributed by atoms with Gasteiger partial charge in [0.25, 0.3) is 5.91 Å². The van der Waals surface area contributed by atoms with Crippen molar-refractivity contribution >= 4 is 17.5 Å². The van der Waals surface area contributed by atoms with Crippen molar-refractivity contribution in [2.24, 2.45) is 0 Å². The minimum absolute atomic E-state index is 0.127. The van der Waals surface area contributed by atoms with Gasteiger partial charge in [-0.1, -0.05) is 23.7 Å². The molecule has 21 heavy (non-hydrogen) atoms. The third kappa shape index (κ3) is 3.09. The second-order valence-corrected chi connectivity index (χ2v) is 5.43. The van der Waals surface area contributed by atoms with E-state index < -0.39 is 0 Å². The Labute approximate surface area is 127 Å². The molecule has 0 saturated carbocycles. The molecule has 5 nitrogen and oxygen atoms in total. The van der Waals surface area contributed by atoms with Crippen LogP contribution in [0.25, 0.3) is 11.3 Å². The van der Waals surface area contributed by atoms with Crippen LogP contribution in [0.3, 0.4) is 0 Å². The molecule has 0 radical (unpaired) electrons. The number of halogens is 1. The van der Waals surface area contributed by atoms with E-state index in [9.17, 15) is 4.79 Å². The molecule has 1 aromatic heterocycles. The van der Waals surface area contributed by atoms with Crippen LogP contribution in [0, 0.1) is 0 Å². The number of hydrogen-bond donors (Lipinski definition) is 2. The Morgan fingerprint density at radius 2 is 2.29 bits per heavy atom. The van der Waals surface area contributed by atoms with E-state index >= 15 is 0 Å². The summed E-state index contributed by atoms with van der Waals surface area (Å²) >= 11 is 6.15. The van der Waals surface area contributed by atoms with Crippen molar-refractivity contribution in [2.45, 2.75) is 18.9 Å². The summed E-state index contributed by atoms with van der Waals surface area (Å²) in [5.74, 6) is 0.175. The van der Waals surface area contributed by atoms with Crippen LogP contribution in [0.5, 0.6) is 0 Å². The molecule has 0 aliphatic carbocycles. The minimum atomic E-state index is -0.229. The van der Waals surface area contributed by atoms with Gasteiger partial charge in [-0.05, 0) is 31.5 Å². The number of rotatable bonds is 3. The number of carbonyl (C=O) groups excluding carboxylic acids is 1. The van der Waals surface area contributed by atoms with Gasteiger partial charge >= 0.3 is 0 Å². The third-order valence-corrected chi connectivity index (χ3v) is 3.86. The molecule has 110 valence electrons. The predicted octanol–water partition coefficient (Wildman–Crippen LogP) is 2.48. The van der Waals surface area contributed by atoms with Gasteiger partial charge in [0.2, 0.25) is 0 Å². The maximum Gasteiger partial charge on any atom is 0.274 e. The second kappa shape index (κ2) is 6.28. The first-order valence-corrected chi connectivity index (χ1v) is 7.33. The molecule has 1 fully saturated rings. The van der Waals surface area contributed by atoms with Crippen LogP contribution < -0.4 is 10.6 Å². The summed E-state index contributed by atoms with van der Waals surface area (Å²) < 4.78 is 5.37. The lowest BCUT2D eigenvalue weighted by Crippen LogP contribution is -2.45. The first-order chi connectivity index (χ1) is 10.3. The van der Waals surface area contributed by atoms with Gasteiger partial charge < -0.3 is 15.1 Å². The largest absolute Gasteiger partial charge is 0.443 e.